The number of esters is 1. The molecule has 15 heteroatoms. The molecule has 4 N–H and O–H groups in total. The Labute approximate surface area is 222 Å². The van der Waals surface area contributed by atoms with E-state index in [4.69, 9.17) is 41.9 Å². The van der Waals surface area contributed by atoms with E-state index in [-0.39, 0.29) is 12.7 Å². The Balaban J connectivity index is 1.81. The summed E-state index contributed by atoms with van der Waals surface area (Å²) in [6.45, 7) is 2.35. The predicted octanol–water partition coefficient (Wildman–Crippen LogP) is 1.45. The van der Waals surface area contributed by atoms with Gasteiger partial charge in [0.05, 0.1) is 12.7 Å². The van der Waals surface area contributed by atoms with Crippen LogP contribution in [0, 0.1) is 0 Å². The summed E-state index contributed by atoms with van der Waals surface area (Å²) in [6.07, 6.45) is -3.23. The second-order valence-electron chi connectivity index (χ2n) is 8.89. The van der Waals surface area contributed by atoms with Crippen LogP contribution in [0.1, 0.15) is 33.9 Å². The summed E-state index contributed by atoms with van der Waals surface area (Å²) in [5.74, 6) is -0.271. The lowest BCUT2D eigenvalue weighted by Crippen LogP contribution is -2.47. The van der Waals surface area contributed by atoms with Crippen molar-refractivity contribution in [1.29, 1.82) is 0 Å². The fraction of sp³-hybridized carbons (Fsp3) is 0.500. The van der Waals surface area contributed by atoms with Gasteiger partial charge < -0.3 is 28.7 Å². The molecule has 2 heterocycles. The van der Waals surface area contributed by atoms with Crippen molar-refractivity contribution in [2.45, 2.75) is 63.9 Å². The molecule has 1 aliphatic rings. The lowest BCUT2D eigenvalue weighted by atomic mass is 9.96. The van der Waals surface area contributed by atoms with Crippen molar-refractivity contribution in [1.82, 2.24) is 14.6 Å². The van der Waals surface area contributed by atoms with Gasteiger partial charge in [0.2, 0.25) is 0 Å². The van der Waals surface area contributed by atoms with Crippen LogP contribution in [-0.2, 0) is 30.6 Å². The number of aliphatic hydroxyl groups excluding tert-OH is 1. The minimum atomic E-state index is -3.49. The number of ether oxygens (including phenoxy) is 2. The van der Waals surface area contributed by atoms with Crippen LogP contribution in [0.4, 0.5) is 0 Å². The zero-order chi connectivity index (χ0) is 27.5. The Hall–Kier alpha value is -2.09. The monoisotopic (exact) mass is 577 g/mol. The number of nitrogens with zero attached hydrogens (tertiary/aromatic N) is 1. The van der Waals surface area contributed by atoms with Gasteiger partial charge in [0, 0.05) is 17.3 Å². The third-order valence-electron chi connectivity index (χ3n) is 5.36. The number of halogens is 1. The SMILES string of the molecule is CC(C)OC(=O)C(C)NP(=S)(OCC1OC(n2ccc(=O)[nH]c2=O)C(C)(O)C1O)Oc1ccc(Cl)cc1. The number of hydrogen-bond donors (Lipinski definition) is 4. The first-order valence-electron chi connectivity index (χ1n) is 11.3. The van der Waals surface area contributed by atoms with Gasteiger partial charge in [0.15, 0.2) is 6.23 Å². The summed E-state index contributed by atoms with van der Waals surface area (Å²) < 4.78 is 23.7. The minimum absolute atomic E-state index is 0.308. The average molecular weight is 578 g/mol. The molecule has 37 heavy (non-hydrogen) atoms. The zero-order valence-electron chi connectivity index (χ0n) is 20.5. The maximum Gasteiger partial charge on any atom is 0.330 e. The second kappa shape index (κ2) is 11.7. The molecule has 2 aromatic rings. The quantitative estimate of drug-likeness (QED) is 0.239. The zero-order valence-corrected chi connectivity index (χ0v) is 23.0. The average Bonchev–Trinajstić information content (AvgIpc) is 3.02. The Morgan fingerprint density at radius 1 is 1.30 bits per heavy atom. The highest BCUT2D eigenvalue weighted by molar-refractivity contribution is 8.09. The predicted molar refractivity (Wildman–Crippen MR) is 138 cm³/mol. The van der Waals surface area contributed by atoms with Crippen molar-refractivity contribution in [3.63, 3.8) is 0 Å². The van der Waals surface area contributed by atoms with E-state index in [1.165, 1.54) is 13.8 Å². The molecule has 1 aromatic carbocycles. The Morgan fingerprint density at radius 2 is 1.95 bits per heavy atom. The van der Waals surface area contributed by atoms with Crippen LogP contribution >= 0.6 is 18.2 Å². The fourth-order valence-corrected chi connectivity index (χ4v) is 6.05. The molecule has 1 fully saturated rings. The first-order chi connectivity index (χ1) is 17.2. The molecule has 1 aromatic heterocycles. The van der Waals surface area contributed by atoms with E-state index in [1.807, 2.05) is 0 Å². The van der Waals surface area contributed by atoms with Crippen LogP contribution in [0.15, 0.2) is 46.1 Å². The van der Waals surface area contributed by atoms with Gasteiger partial charge in [-0.2, -0.15) is 0 Å². The van der Waals surface area contributed by atoms with Crippen molar-refractivity contribution in [2.24, 2.45) is 0 Å². The molecular weight excluding hydrogens is 549 g/mol. The van der Waals surface area contributed by atoms with Crippen LogP contribution in [0.25, 0.3) is 0 Å². The highest BCUT2D eigenvalue weighted by atomic mass is 35.5. The fourth-order valence-electron chi connectivity index (χ4n) is 3.51. The number of nitrogens with one attached hydrogen (secondary N) is 2. The van der Waals surface area contributed by atoms with Crippen LogP contribution < -0.4 is 20.9 Å². The van der Waals surface area contributed by atoms with Crippen molar-refractivity contribution in [3.05, 3.63) is 62.4 Å². The molecule has 0 bridgehead atoms. The van der Waals surface area contributed by atoms with E-state index in [9.17, 15) is 24.6 Å². The Morgan fingerprint density at radius 3 is 2.54 bits per heavy atom. The molecule has 0 saturated carbocycles. The maximum absolute atomic E-state index is 12.4. The van der Waals surface area contributed by atoms with E-state index >= 15 is 0 Å². The van der Waals surface area contributed by atoms with E-state index in [0.717, 1.165) is 16.8 Å². The normalized spacial score (nSPS) is 26.0. The molecule has 0 amide bonds. The van der Waals surface area contributed by atoms with Crippen LogP contribution in [0.5, 0.6) is 5.75 Å². The standard InChI is InChI=1S/C22H29ClN3O9PS/c1-12(2)33-19(29)13(3)25-36(37,35-15-7-5-14(23)6-8-15)32-11-16-18(28)22(4,31)20(34-16)26-10-9-17(27)24-21(26)30/h5-10,12-13,16,18,20,28,31H,11H2,1-4H3,(H,25,37)(H,24,27,30). The lowest BCUT2D eigenvalue weighted by Gasteiger charge is -2.28. The number of hydrogen-bond acceptors (Lipinski definition) is 10. The van der Waals surface area contributed by atoms with Crippen LogP contribution in [0.3, 0.4) is 0 Å². The molecule has 0 radical (unpaired) electrons. The molecule has 0 spiro atoms. The number of aliphatic hydroxyl groups is 2. The number of H-pyrrole nitrogens is 1. The van der Waals surface area contributed by atoms with E-state index < -0.39 is 53.9 Å². The molecule has 0 aliphatic carbocycles. The van der Waals surface area contributed by atoms with Gasteiger partial charge in [-0.15, -0.1) is 0 Å². The largest absolute Gasteiger partial charge is 0.462 e. The van der Waals surface area contributed by atoms with Crippen molar-refractivity contribution in [3.8, 4) is 5.75 Å². The molecule has 12 nitrogen and oxygen atoms in total. The van der Waals surface area contributed by atoms with E-state index in [0.29, 0.717) is 10.8 Å². The third kappa shape index (κ3) is 7.27. The molecule has 6 unspecified atom stereocenters. The number of carbonyl (C=O) groups excluding carboxylic acids is 1. The van der Waals surface area contributed by atoms with Gasteiger partial charge in [-0.3, -0.25) is 19.1 Å². The molecule has 1 saturated heterocycles. The number of aromatic nitrogens is 2. The highest BCUT2D eigenvalue weighted by Gasteiger charge is 2.53. The Kier molecular flexibility index (Phi) is 9.36. The van der Waals surface area contributed by atoms with E-state index in [1.54, 1.807) is 38.1 Å². The van der Waals surface area contributed by atoms with Gasteiger partial charge in [0.25, 0.3) is 5.56 Å². The minimum Gasteiger partial charge on any atom is -0.462 e. The highest BCUT2D eigenvalue weighted by Crippen LogP contribution is 2.47. The van der Waals surface area contributed by atoms with Crippen molar-refractivity contribution in [2.75, 3.05) is 6.61 Å². The number of benzene rings is 1. The summed E-state index contributed by atoms with van der Waals surface area (Å²) in [4.78, 5) is 38.1. The molecule has 6 atom stereocenters. The molecule has 3 rings (SSSR count). The molecule has 204 valence electrons. The van der Waals surface area contributed by atoms with Crippen LogP contribution in [0.2, 0.25) is 5.02 Å². The first-order valence-corrected chi connectivity index (χ1v) is 14.3. The van der Waals surface area contributed by atoms with Gasteiger partial charge >= 0.3 is 18.3 Å². The summed E-state index contributed by atoms with van der Waals surface area (Å²) in [5.41, 5.74) is -3.39. The Bertz CT molecular complexity index is 1270. The summed E-state index contributed by atoms with van der Waals surface area (Å²) >= 11 is 11.6. The van der Waals surface area contributed by atoms with Crippen molar-refractivity contribution >= 4 is 36.0 Å². The van der Waals surface area contributed by atoms with Crippen LogP contribution in [-0.4, -0.2) is 62.3 Å². The number of rotatable bonds is 10. The van der Waals surface area contributed by atoms with Gasteiger partial charge in [-0.1, -0.05) is 11.6 Å². The number of carbonyl (C=O) groups is 1. The van der Waals surface area contributed by atoms with Crippen molar-refractivity contribution < 1.29 is 33.5 Å². The lowest BCUT2D eigenvalue weighted by molar-refractivity contribution is -0.149. The summed E-state index contributed by atoms with van der Waals surface area (Å²) in [5, 5.41) is 25.0. The summed E-state index contributed by atoms with van der Waals surface area (Å²) in [7, 11) is 0. The molecule has 1 aliphatic heterocycles. The molecular formula is C22H29ClN3O9PS. The first kappa shape index (κ1) is 29.5. The van der Waals surface area contributed by atoms with E-state index in [2.05, 4.69) is 10.1 Å². The third-order valence-corrected chi connectivity index (χ3v) is 8.12. The van der Waals surface area contributed by atoms with Gasteiger partial charge in [-0.25, -0.2) is 9.88 Å². The smallest absolute Gasteiger partial charge is 0.330 e. The number of aromatic amines is 1. The second-order valence-corrected chi connectivity index (χ2v) is 12.5. The summed E-state index contributed by atoms with van der Waals surface area (Å²) in [6, 6.07) is 6.47. The topological polar surface area (TPSA) is 161 Å². The maximum atomic E-state index is 12.4. The van der Waals surface area contributed by atoms with Gasteiger partial charge in [0.1, 0.15) is 29.6 Å². The van der Waals surface area contributed by atoms with Gasteiger partial charge in [-0.05, 0) is 63.8 Å².